The number of furan rings is 2. The summed E-state index contributed by atoms with van der Waals surface area (Å²) in [4.78, 5) is 4.89. The molecule has 5 saturated heterocycles. The van der Waals surface area contributed by atoms with Crippen molar-refractivity contribution in [3.05, 3.63) is 48.3 Å². The Morgan fingerprint density at radius 3 is 2.14 bits per heavy atom. The van der Waals surface area contributed by atoms with Gasteiger partial charge in [-0.3, -0.25) is 9.80 Å². The van der Waals surface area contributed by atoms with Crippen LogP contribution in [0.15, 0.2) is 46.0 Å². The van der Waals surface area contributed by atoms with Crippen molar-refractivity contribution >= 4 is 11.8 Å². The third kappa shape index (κ3) is 3.90. The van der Waals surface area contributed by atoms with Crippen molar-refractivity contribution in [3.8, 4) is 0 Å². The molecule has 0 aromatic carbocycles. The smallest absolute Gasteiger partial charge is 0.114 e. The van der Waals surface area contributed by atoms with Crippen LogP contribution in [0, 0.1) is 17.3 Å². The number of aliphatic hydroxyl groups excluding tert-OH is 2. The normalized spacial score (nSPS) is 46.8. The van der Waals surface area contributed by atoms with Gasteiger partial charge in [0.25, 0.3) is 0 Å². The predicted octanol–water partition coefficient (Wildman–Crippen LogP) is 5.94. The minimum absolute atomic E-state index is 0.0352. The second-order valence-electron chi connectivity index (χ2n) is 13.1. The number of nitrogens with zero attached hydrogens (tertiary/aromatic N) is 2. The lowest BCUT2D eigenvalue weighted by molar-refractivity contribution is -0.185. The second kappa shape index (κ2) is 9.16. The van der Waals surface area contributed by atoms with Crippen molar-refractivity contribution in [3.63, 3.8) is 0 Å². The summed E-state index contributed by atoms with van der Waals surface area (Å²) in [5.41, 5.74) is 2.29. The first kappa shape index (κ1) is 24.8. The van der Waals surface area contributed by atoms with Crippen LogP contribution in [-0.4, -0.2) is 55.1 Å². The topological polar surface area (TPSA) is 73.2 Å². The first-order chi connectivity index (χ1) is 17.9. The van der Waals surface area contributed by atoms with Gasteiger partial charge in [-0.15, -0.1) is 0 Å². The largest absolute Gasteiger partial charge is 0.472 e. The summed E-state index contributed by atoms with van der Waals surface area (Å²) in [6.45, 7) is 4.74. The summed E-state index contributed by atoms with van der Waals surface area (Å²) >= 11 is 2.06. The summed E-state index contributed by atoms with van der Waals surface area (Å²) in [6, 6.07) is 5.41. The molecule has 202 valence electrons. The van der Waals surface area contributed by atoms with Gasteiger partial charge in [-0.2, -0.15) is 11.8 Å². The van der Waals surface area contributed by atoms with E-state index in [0.29, 0.717) is 23.9 Å². The fourth-order valence-corrected chi connectivity index (χ4v) is 11.0. The van der Waals surface area contributed by atoms with Crippen LogP contribution in [-0.2, 0) is 0 Å². The molecule has 2 N–H and O–H groups in total. The van der Waals surface area contributed by atoms with Crippen molar-refractivity contribution in [2.45, 2.75) is 113 Å². The van der Waals surface area contributed by atoms with Crippen molar-refractivity contribution < 1.29 is 19.0 Å². The van der Waals surface area contributed by atoms with Crippen LogP contribution in [0.3, 0.4) is 0 Å². The molecule has 5 aliphatic heterocycles. The lowest BCUT2D eigenvalue weighted by Gasteiger charge is -2.58. The van der Waals surface area contributed by atoms with Gasteiger partial charge in [0.1, 0.15) is 12.5 Å². The highest BCUT2D eigenvalue weighted by Gasteiger charge is 2.61. The average molecular weight is 527 g/mol. The van der Waals surface area contributed by atoms with Crippen LogP contribution < -0.4 is 0 Å². The molecule has 0 unspecified atom stereocenters. The fourth-order valence-electron chi connectivity index (χ4n) is 9.11. The van der Waals surface area contributed by atoms with E-state index in [-0.39, 0.29) is 22.2 Å². The summed E-state index contributed by atoms with van der Waals surface area (Å²) in [7, 11) is 0. The van der Waals surface area contributed by atoms with E-state index in [9.17, 15) is 10.2 Å². The third-order valence-corrected chi connectivity index (χ3v) is 12.8. The molecular weight excluding hydrogens is 484 g/mol. The molecule has 7 rings (SSSR count). The van der Waals surface area contributed by atoms with E-state index in [0.717, 1.165) is 50.7 Å². The Morgan fingerprint density at radius 2 is 1.49 bits per heavy atom. The van der Waals surface area contributed by atoms with Gasteiger partial charge in [-0.1, -0.05) is 13.8 Å². The van der Waals surface area contributed by atoms with Gasteiger partial charge in [0, 0.05) is 57.6 Å². The second-order valence-corrected chi connectivity index (χ2v) is 14.5. The number of aliphatic hydroxyl groups is 2. The predicted molar refractivity (Wildman–Crippen MR) is 144 cm³/mol. The molecule has 10 atom stereocenters. The maximum atomic E-state index is 12.2. The van der Waals surface area contributed by atoms with Crippen LogP contribution in [0.2, 0.25) is 0 Å². The first-order valence-electron chi connectivity index (χ1n) is 14.5. The number of thioether (sulfide) groups is 1. The van der Waals surface area contributed by atoms with Crippen LogP contribution >= 0.6 is 11.8 Å². The molecule has 7 heteroatoms. The van der Waals surface area contributed by atoms with Gasteiger partial charge in [0.05, 0.1) is 25.1 Å². The minimum Gasteiger partial charge on any atom is -0.472 e. The maximum absolute atomic E-state index is 12.2. The number of hydrogen-bond donors (Lipinski definition) is 2. The van der Waals surface area contributed by atoms with Crippen LogP contribution in [0.5, 0.6) is 0 Å². The Morgan fingerprint density at radius 1 is 0.838 bits per heavy atom. The van der Waals surface area contributed by atoms with Crippen LogP contribution in [0.1, 0.15) is 94.8 Å². The quantitative estimate of drug-likeness (QED) is 0.501. The Balaban J connectivity index is 1.15. The molecule has 0 bridgehead atoms. The zero-order chi connectivity index (χ0) is 25.4. The lowest BCUT2D eigenvalue weighted by Crippen LogP contribution is -2.62. The van der Waals surface area contributed by atoms with E-state index in [1.807, 2.05) is 12.5 Å². The summed E-state index contributed by atoms with van der Waals surface area (Å²) in [6.07, 6.45) is 16.0. The molecule has 0 aliphatic carbocycles. The van der Waals surface area contributed by atoms with E-state index in [1.165, 1.54) is 24.0 Å². The summed E-state index contributed by atoms with van der Waals surface area (Å²) in [5.74, 6) is 2.15. The molecule has 0 radical (unpaired) electrons. The van der Waals surface area contributed by atoms with Crippen molar-refractivity contribution in [1.29, 1.82) is 0 Å². The van der Waals surface area contributed by atoms with E-state index < -0.39 is 12.5 Å². The molecule has 0 amide bonds. The molecule has 2 aromatic rings. The van der Waals surface area contributed by atoms with E-state index >= 15 is 0 Å². The van der Waals surface area contributed by atoms with Crippen LogP contribution in [0.25, 0.3) is 0 Å². The van der Waals surface area contributed by atoms with Crippen molar-refractivity contribution in [2.75, 3.05) is 5.75 Å². The fraction of sp³-hybridized carbons (Fsp3) is 0.733. The maximum Gasteiger partial charge on any atom is 0.114 e. The van der Waals surface area contributed by atoms with Crippen molar-refractivity contribution in [2.24, 2.45) is 17.3 Å². The number of rotatable bonds is 2. The zero-order valence-corrected chi connectivity index (χ0v) is 23.0. The molecule has 2 aromatic heterocycles. The Kier molecular flexibility index (Phi) is 6.13. The monoisotopic (exact) mass is 526 g/mol. The lowest BCUT2D eigenvalue weighted by atomic mass is 9.65. The number of fused-ring (bicyclic) bond motifs is 2. The number of hydrogen-bond acceptors (Lipinski definition) is 7. The highest BCUT2D eigenvalue weighted by molar-refractivity contribution is 8.01. The molecule has 5 fully saturated rings. The average Bonchev–Trinajstić information content (AvgIpc) is 3.66. The Hall–Kier alpha value is -1.25. The molecule has 2 spiro atoms. The third-order valence-electron chi connectivity index (χ3n) is 11.0. The van der Waals surface area contributed by atoms with Crippen molar-refractivity contribution in [1.82, 2.24) is 9.80 Å². The molecule has 37 heavy (non-hydrogen) atoms. The standard InChI is InChI=1S/C30H42N2O4S/c1-19-3-6-25(22-9-12-36-16-22)32-23(19)7-10-29(28(32)34)17-30(37-18-29)13-26-20(2)4-5-24(21-8-11-35-15-21)31(26)27(33)14-30/h8-9,11-12,15-16,19-20,23-28,33-34H,3-7,10,13-14,17-18H2,1-2H3/t19-,20-,23+,24+,25+,26+,27+,28-,29-,30-/m1/s1. The van der Waals surface area contributed by atoms with Gasteiger partial charge in [-0.05, 0) is 75.3 Å². The van der Waals surface area contributed by atoms with Gasteiger partial charge < -0.3 is 19.0 Å². The highest BCUT2D eigenvalue weighted by atomic mass is 32.2. The minimum atomic E-state index is -0.453. The van der Waals surface area contributed by atoms with Gasteiger partial charge >= 0.3 is 0 Å². The summed E-state index contributed by atoms with van der Waals surface area (Å²) in [5, 5.41) is 23.8. The molecular formula is C30H42N2O4S. The molecule has 6 nitrogen and oxygen atoms in total. The van der Waals surface area contributed by atoms with E-state index in [1.54, 1.807) is 12.5 Å². The molecule has 7 heterocycles. The first-order valence-corrected chi connectivity index (χ1v) is 15.5. The van der Waals surface area contributed by atoms with Gasteiger partial charge in [0.15, 0.2) is 0 Å². The van der Waals surface area contributed by atoms with Gasteiger partial charge in [-0.25, -0.2) is 0 Å². The molecule has 0 saturated carbocycles. The van der Waals surface area contributed by atoms with E-state index in [2.05, 4.69) is 47.5 Å². The highest BCUT2D eigenvalue weighted by Crippen LogP contribution is 2.63. The van der Waals surface area contributed by atoms with Gasteiger partial charge in [0.2, 0.25) is 0 Å². The molecule has 5 aliphatic rings. The van der Waals surface area contributed by atoms with Crippen LogP contribution in [0.4, 0.5) is 0 Å². The number of piperidine rings is 4. The summed E-state index contributed by atoms with van der Waals surface area (Å²) < 4.78 is 10.9. The SMILES string of the molecule is C[C@@H]1CC[C@@H](c2ccoc2)N2[C@@H](O)C[C@]3(C[C@@H]12)C[C@]1(CC[C@H]2[C@H](C)CC[C@@H](c4ccoc4)N2[C@@H]1O)CS3. The van der Waals surface area contributed by atoms with E-state index in [4.69, 9.17) is 8.83 Å². The Bertz CT molecular complexity index is 1080. The Labute approximate surface area is 224 Å². The zero-order valence-electron chi connectivity index (χ0n) is 22.2.